The van der Waals surface area contributed by atoms with Gasteiger partial charge in [-0.15, -0.1) is 11.6 Å². The highest BCUT2D eigenvalue weighted by Crippen LogP contribution is 2.66. The molecule has 3 saturated carbocycles. The number of carbonyl (C=O) groups is 2. The van der Waals surface area contributed by atoms with Gasteiger partial charge in [0, 0.05) is 17.8 Å². The van der Waals surface area contributed by atoms with E-state index < -0.39 is 6.10 Å². The number of alkyl halides is 1. The van der Waals surface area contributed by atoms with E-state index in [1.54, 1.807) is 0 Å². The summed E-state index contributed by atoms with van der Waals surface area (Å²) in [7, 11) is 0. The summed E-state index contributed by atoms with van der Waals surface area (Å²) < 4.78 is 0. The van der Waals surface area contributed by atoms with Crippen LogP contribution < -0.4 is 0 Å². The van der Waals surface area contributed by atoms with E-state index in [9.17, 15) is 14.7 Å². The number of aliphatic hydroxyl groups excluding tert-OH is 1. The summed E-state index contributed by atoms with van der Waals surface area (Å²) in [6.45, 7) is 4.50. The van der Waals surface area contributed by atoms with Crippen LogP contribution in [0.25, 0.3) is 0 Å². The standard InChI is InChI=1S/C21H29ClO3/c1-20-8-7-16-14(15(20)5-6-17(20)18(24)11-22)4-3-12-9-13(23)10-19(25)21(12,16)2/h9,14-17,19,25H,3-8,10-11H2,1-2H3/t14-,15-,16-,17+,19?,20-,21-/m0/s1. The Bertz CT molecular complexity index is 641. The predicted molar refractivity (Wildman–Crippen MR) is 97.3 cm³/mol. The Balaban J connectivity index is 1.67. The first-order valence-electron chi connectivity index (χ1n) is 9.83. The SMILES string of the molecule is C[C@]12CC[C@H]3[C@@H](CCC4=CC(=O)CC(O)[C@@]43C)[C@@H]1CC[C@@H]2C(=O)CCl. The lowest BCUT2D eigenvalue weighted by Gasteiger charge is -2.59. The molecule has 1 N–H and O–H groups in total. The van der Waals surface area contributed by atoms with Gasteiger partial charge in [0.1, 0.15) is 0 Å². The van der Waals surface area contributed by atoms with Crippen LogP contribution >= 0.6 is 11.6 Å². The summed E-state index contributed by atoms with van der Waals surface area (Å²) in [6, 6.07) is 0. The molecule has 4 heteroatoms. The van der Waals surface area contributed by atoms with Crippen molar-refractivity contribution in [2.24, 2.45) is 34.5 Å². The molecule has 4 aliphatic rings. The van der Waals surface area contributed by atoms with Gasteiger partial charge in [-0.3, -0.25) is 9.59 Å². The van der Waals surface area contributed by atoms with Crippen LogP contribution in [0.4, 0.5) is 0 Å². The van der Waals surface area contributed by atoms with Gasteiger partial charge in [0.15, 0.2) is 11.6 Å². The van der Waals surface area contributed by atoms with Gasteiger partial charge in [0.05, 0.1) is 12.0 Å². The quantitative estimate of drug-likeness (QED) is 0.756. The predicted octanol–water partition coefficient (Wildman–Crippen LogP) is 3.91. The molecule has 0 aromatic carbocycles. The zero-order valence-electron chi connectivity index (χ0n) is 15.3. The van der Waals surface area contributed by atoms with Crippen LogP contribution in [0.5, 0.6) is 0 Å². The van der Waals surface area contributed by atoms with Gasteiger partial charge in [0.25, 0.3) is 0 Å². The smallest absolute Gasteiger partial charge is 0.158 e. The Morgan fingerprint density at radius 3 is 2.72 bits per heavy atom. The Morgan fingerprint density at radius 1 is 1.24 bits per heavy atom. The van der Waals surface area contributed by atoms with Gasteiger partial charge in [-0.2, -0.15) is 0 Å². The molecular weight excluding hydrogens is 336 g/mol. The number of aliphatic hydroxyl groups is 1. The van der Waals surface area contributed by atoms with Crippen LogP contribution in [0.2, 0.25) is 0 Å². The Morgan fingerprint density at radius 2 is 2.00 bits per heavy atom. The van der Waals surface area contributed by atoms with Crippen molar-refractivity contribution < 1.29 is 14.7 Å². The van der Waals surface area contributed by atoms with E-state index in [0.717, 1.165) is 38.5 Å². The van der Waals surface area contributed by atoms with E-state index in [2.05, 4.69) is 13.8 Å². The minimum absolute atomic E-state index is 0.0696. The largest absolute Gasteiger partial charge is 0.392 e. The first kappa shape index (κ1) is 17.7. The third kappa shape index (κ3) is 2.34. The lowest BCUT2D eigenvalue weighted by Crippen LogP contribution is -2.55. The van der Waals surface area contributed by atoms with Gasteiger partial charge in [-0.25, -0.2) is 0 Å². The van der Waals surface area contributed by atoms with Crippen molar-refractivity contribution in [2.45, 2.75) is 64.9 Å². The normalized spacial score (nSPS) is 49.0. The van der Waals surface area contributed by atoms with Gasteiger partial charge in [-0.1, -0.05) is 19.4 Å². The van der Waals surface area contributed by atoms with Crippen molar-refractivity contribution in [3.05, 3.63) is 11.6 Å². The van der Waals surface area contributed by atoms with E-state index in [-0.39, 0.29) is 40.6 Å². The second-order valence-corrected chi connectivity index (χ2v) is 9.60. The van der Waals surface area contributed by atoms with E-state index >= 15 is 0 Å². The van der Waals surface area contributed by atoms with E-state index in [1.807, 2.05) is 6.08 Å². The van der Waals surface area contributed by atoms with Crippen molar-refractivity contribution in [3.63, 3.8) is 0 Å². The molecule has 138 valence electrons. The first-order valence-corrected chi connectivity index (χ1v) is 10.4. The molecule has 25 heavy (non-hydrogen) atoms. The molecule has 0 bridgehead atoms. The van der Waals surface area contributed by atoms with Gasteiger partial charge in [-0.05, 0) is 67.8 Å². The topological polar surface area (TPSA) is 54.4 Å². The third-order valence-corrected chi connectivity index (χ3v) is 8.85. The molecule has 0 heterocycles. The maximum absolute atomic E-state index is 12.4. The summed E-state index contributed by atoms with van der Waals surface area (Å²) in [6.07, 6.45) is 7.70. The van der Waals surface area contributed by atoms with E-state index in [1.165, 1.54) is 5.57 Å². The Hall–Kier alpha value is -0.670. The molecule has 0 aromatic rings. The van der Waals surface area contributed by atoms with E-state index in [4.69, 9.17) is 11.6 Å². The monoisotopic (exact) mass is 364 g/mol. The molecular formula is C21H29ClO3. The molecule has 0 radical (unpaired) electrons. The Kier molecular flexibility index (Phi) is 4.20. The fourth-order valence-corrected chi connectivity index (χ4v) is 7.42. The molecule has 0 amide bonds. The molecule has 7 atom stereocenters. The van der Waals surface area contributed by atoms with Crippen LogP contribution in [0.3, 0.4) is 0 Å². The summed E-state index contributed by atoms with van der Waals surface area (Å²) >= 11 is 5.89. The lowest BCUT2D eigenvalue weighted by atomic mass is 9.46. The summed E-state index contributed by atoms with van der Waals surface area (Å²) in [4.78, 5) is 24.3. The number of hydrogen-bond donors (Lipinski definition) is 1. The highest BCUT2D eigenvalue weighted by atomic mass is 35.5. The zero-order valence-corrected chi connectivity index (χ0v) is 16.0. The number of ketones is 2. The second kappa shape index (κ2) is 5.92. The zero-order chi connectivity index (χ0) is 18.0. The molecule has 4 aliphatic carbocycles. The van der Waals surface area contributed by atoms with Crippen molar-refractivity contribution >= 4 is 23.2 Å². The Labute approximate surface area is 155 Å². The summed E-state index contributed by atoms with van der Waals surface area (Å²) in [5, 5.41) is 10.8. The molecule has 1 unspecified atom stereocenters. The molecule has 4 rings (SSSR count). The number of fused-ring (bicyclic) bond motifs is 5. The molecule has 0 aliphatic heterocycles. The molecule has 0 spiro atoms. The van der Waals surface area contributed by atoms with E-state index in [0.29, 0.717) is 17.8 Å². The van der Waals surface area contributed by atoms with Crippen molar-refractivity contribution in [2.75, 3.05) is 5.88 Å². The third-order valence-electron chi connectivity index (χ3n) is 8.59. The molecule has 0 saturated heterocycles. The number of hydrogen-bond acceptors (Lipinski definition) is 3. The van der Waals surface area contributed by atoms with Crippen LogP contribution in [-0.4, -0.2) is 28.7 Å². The number of Topliss-reactive ketones (excluding diaryl/α,β-unsaturated/α-hetero) is 1. The lowest BCUT2D eigenvalue weighted by molar-refractivity contribution is -0.134. The average molecular weight is 365 g/mol. The second-order valence-electron chi connectivity index (χ2n) is 9.33. The number of rotatable bonds is 2. The summed E-state index contributed by atoms with van der Waals surface area (Å²) in [5.41, 5.74) is 0.986. The van der Waals surface area contributed by atoms with Gasteiger partial charge in [0.2, 0.25) is 0 Å². The van der Waals surface area contributed by atoms with Crippen molar-refractivity contribution in [1.82, 2.24) is 0 Å². The maximum atomic E-state index is 12.4. The van der Waals surface area contributed by atoms with Crippen LogP contribution in [0.1, 0.15) is 58.8 Å². The minimum atomic E-state index is -0.557. The molecule has 0 aromatic heterocycles. The summed E-state index contributed by atoms with van der Waals surface area (Å²) in [5.74, 6) is 2.07. The van der Waals surface area contributed by atoms with Crippen LogP contribution in [-0.2, 0) is 9.59 Å². The van der Waals surface area contributed by atoms with Crippen molar-refractivity contribution in [1.29, 1.82) is 0 Å². The minimum Gasteiger partial charge on any atom is -0.392 e. The fourth-order valence-electron chi connectivity index (χ4n) is 7.23. The molecule has 3 fully saturated rings. The highest BCUT2D eigenvalue weighted by molar-refractivity contribution is 6.28. The highest BCUT2D eigenvalue weighted by Gasteiger charge is 2.61. The average Bonchev–Trinajstić information content (AvgIpc) is 2.93. The fraction of sp³-hybridized carbons (Fsp3) is 0.810. The van der Waals surface area contributed by atoms with Crippen LogP contribution in [0, 0.1) is 34.5 Å². The maximum Gasteiger partial charge on any atom is 0.158 e. The van der Waals surface area contributed by atoms with Crippen LogP contribution in [0.15, 0.2) is 11.6 Å². The number of halogens is 1. The van der Waals surface area contributed by atoms with Gasteiger partial charge >= 0.3 is 0 Å². The van der Waals surface area contributed by atoms with Gasteiger partial charge < -0.3 is 5.11 Å². The van der Waals surface area contributed by atoms with Crippen molar-refractivity contribution in [3.8, 4) is 0 Å². The number of carbonyl (C=O) groups excluding carboxylic acids is 2. The molecule has 3 nitrogen and oxygen atoms in total. The first-order chi connectivity index (χ1) is 11.8.